The van der Waals surface area contributed by atoms with Crippen molar-refractivity contribution >= 4 is 0 Å². The van der Waals surface area contributed by atoms with E-state index in [1.165, 1.54) is 0 Å². The lowest BCUT2D eigenvalue weighted by molar-refractivity contribution is 0.163. The zero-order valence-corrected chi connectivity index (χ0v) is 8.73. The zero-order valence-electron chi connectivity index (χ0n) is 8.73. The molecule has 2 heterocycles. The highest BCUT2D eigenvalue weighted by atomic mass is 16.5. The van der Waals surface area contributed by atoms with Gasteiger partial charge in [-0.2, -0.15) is 0 Å². The monoisotopic (exact) mass is 195 g/mol. The molecule has 78 valence electrons. The Bertz CT molecular complexity index is 263. The van der Waals surface area contributed by atoms with Crippen molar-refractivity contribution in [2.45, 2.75) is 32.5 Å². The summed E-state index contributed by atoms with van der Waals surface area (Å²) >= 11 is 0. The molecule has 0 bridgehead atoms. The van der Waals surface area contributed by atoms with E-state index in [0.717, 1.165) is 25.3 Å². The Kier molecular flexibility index (Phi) is 2.84. The minimum atomic E-state index is 0.561. The second-order valence-electron chi connectivity index (χ2n) is 4.15. The Labute approximate surface area is 84.3 Å². The van der Waals surface area contributed by atoms with Crippen LogP contribution in [0, 0.1) is 0 Å². The maximum absolute atomic E-state index is 4.82. The van der Waals surface area contributed by atoms with E-state index in [1.54, 1.807) is 6.26 Å². The Balaban J connectivity index is 1.91. The standard InChI is InChI=1S/C10H17N3O/c1-8-5-13(6-9(2)11-8)7-10-3-4-14-12-10/h3-4,8-9,11H,5-7H2,1-2H3. The van der Waals surface area contributed by atoms with Crippen molar-refractivity contribution in [3.05, 3.63) is 18.0 Å². The lowest BCUT2D eigenvalue weighted by Gasteiger charge is -2.35. The molecule has 0 radical (unpaired) electrons. The third-order valence-corrected chi connectivity index (χ3v) is 2.51. The van der Waals surface area contributed by atoms with Crippen LogP contribution in [0.3, 0.4) is 0 Å². The summed E-state index contributed by atoms with van der Waals surface area (Å²) in [6, 6.07) is 3.05. The fraction of sp³-hybridized carbons (Fsp3) is 0.700. The van der Waals surface area contributed by atoms with Crippen LogP contribution in [0.2, 0.25) is 0 Å². The normalized spacial score (nSPS) is 29.3. The van der Waals surface area contributed by atoms with Gasteiger partial charge in [-0.05, 0) is 13.8 Å². The van der Waals surface area contributed by atoms with Gasteiger partial charge in [-0.1, -0.05) is 5.16 Å². The van der Waals surface area contributed by atoms with Crippen molar-refractivity contribution in [2.24, 2.45) is 0 Å². The Morgan fingerprint density at radius 3 is 2.79 bits per heavy atom. The SMILES string of the molecule is CC1CN(Cc2ccon2)CC(C)N1. The number of aromatic nitrogens is 1. The van der Waals surface area contributed by atoms with Gasteiger partial charge in [-0.3, -0.25) is 4.90 Å². The van der Waals surface area contributed by atoms with Crippen LogP contribution in [-0.2, 0) is 6.54 Å². The van der Waals surface area contributed by atoms with Crippen molar-refractivity contribution in [3.8, 4) is 0 Å². The maximum Gasteiger partial charge on any atom is 0.124 e. The molecular weight excluding hydrogens is 178 g/mol. The van der Waals surface area contributed by atoms with Gasteiger partial charge in [0.05, 0.1) is 5.69 Å². The van der Waals surface area contributed by atoms with Gasteiger partial charge in [0.25, 0.3) is 0 Å². The molecule has 4 heteroatoms. The van der Waals surface area contributed by atoms with E-state index in [-0.39, 0.29) is 0 Å². The Morgan fingerprint density at radius 2 is 2.21 bits per heavy atom. The van der Waals surface area contributed by atoms with E-state index in [0.29, 0.717) is 12.1 Å². The van der Waals surface area contributed by atoms with E-state index in [1.807, 2.05) is 6.07 Å². The number of nitrogens with one attached hydrogen (secondary N) is 1. The smallest absolute Gasteiger partial charge is 0.124 e. The first-order valence-corrected chi connectivity index (χ1v) is 5.11. The molecule has 1 aromatic heterocycles. The first-order valence-electron chi connectivity index (χ1n) is 5.11. The Hall–Kier alpha value is -0.870. The number of rotatable bonds is 2. The molecule has 1 fully saturated rings. The van der Waals surface area contributed by atoms with Crippen LogP contribution in [0.5, 0.6) is 0 Å². The van der Waals surface area contributed by atoms with Crippen molar-refractivity contribution in [1.82, 2.24) is 15.4 Å². The first kappa shape index (κ1) is 9.68. The second kappa shape index (κ2) is 4.11. The zero-order chi connectivity index (χ0) is 9.97. The molecule has 0 saturated carbocycles. The molecular formula is C10H17N3O. The predicted molar refractivity (Wildman–Crippen MR) is 53.8 cm³/mol. The molecule has 1 aliphatic heterocycles. The molecule has 2 unspecified atom stereocenters. The summed E-state index contributed by atoms with van der Waals surface area (Å²) in [6.45, 7) is 7.48. The van der Waals surface area contributed by atoms with Crippen molar-refractivity contribution in [3.63, 3.8) is 0 Å². The van der Waals surface area contributed by atoms with Gasteiger partial charge in [0.1, 0.15) is 6.26 Å². The molecule has 0 spiro atoms. The summed E-state index contributed by atoms with van der Waals surface area (Å²) in [5.41, 5.74) is 1.02. The van der Waals surface area contributed by atoms with Gasteiger partial charge in [0.2, 0.25) is 0 Å². The van der Waals surface area contributed by atoms with Crippen LogP contribution >= 0.6 is 0 Å². The molecule has 0 amide bonds. The lowest BCUT2D eigenvalue weighted by atomic mass is 10.1. The second-order valence-corrected chi connectivity index (χ2v) is 4.15. The average Bonchev–Trinajstić information content (AvgIpc) is 2.54. The summed E-state index contributed by atoms with van der Waals surface area (Å²) in [7, 11) is 0. The largest absolute Gasteiger partial charge is 0.364 e. The minimum Gasteiger partial charge on any atom is -0.364 e. The summed E-state index contributed by atoms with van der Waals surface area (Å²) in [5, 5.41) is 7.43. The molecule has 1 aliphatic rings. The van der Waals surface area contributed by atoms with E-state index >= 15 is 0 Å². The molecule has 2 rings (SSSR count). The van der Waals surface area contributed by atoms with Gasteiger partial charge in [-0.15, -0.1) is 0 Å². The molecule has 1 N–H and O–H groups in total. The summed E-state index contributed by atoms with van der Waals surface area (Å²) in [5.74, 6) is 0. The van der Waals surface area contributed by atoms with Crippen LogP contribution in [0.4, 0.5) is 0 Å². The van der Waals surface area contributed by atoms with Crippen LogP contribution in [0.1, 0.15) is 19.5 Å². The minimum absolute atomic E-state index is 0.561. The predicted octanol–water partition coefficient (Wildman–Crippen LogP) is 0.857. The quantitative estimate of drug-likeness (QED) is 0.760. The van der Waals surface area contributed by atoms with Crippen molar-refractivity contribution in [1.29, 1.82) is 0 Å². The third kappa shape index (κ3) is 2.33. The van der Waals surface area contributed by atoms with Gasteiger partial charge >= 0.3 is 0 Å². The molecule has 2 atom stereocenters. The lowest BCUT2D eigenvalue weighted by Crippen LogP contribution is -2.53. The van der Waals surface area contributed by atoms with Crippen molar-refractivity contribution in [2.75, 3.05) is 13.1 Å². The van der Waals surface area contributed by atoms with E-state index < -0.39 is 0 Å². The van der Waals surface area contributed by atoms with Crippen LogP contribution in [0.15, 0.2) is 16.9 Å². The van der Waals surface area contributed by atoms with Crippen LogP contribution in [0.25, 0.3) is 0 Å². The summed E-state index contributed by atoms with van der Waals surface area (Å²) < 4.78 is 4.82. The molecule has 14 heavy (non-hydrogen) atoms. The fourth-order valence-corrected chi connectivity index (χ4v) is 2.12. The van der Waals surface area contributed by atoms with Gasteiger partial charge in [0.15, 0.2) is 0 Å². The highest BCUT2D eigenvalue weighted by Gasteiger charge is 2.21. The highest BCUT2D eigenvalue weighted by Crippen LogP contribution is 2.08. The Morgan fingerprint density at radius 1 is 1.50 bits per heavy atom. The number of hydrogen-bond donors (Lipinski definition) is 1. The van der Waals surface area contributed by atoms with E-state index in [2.05, 4.69) is 29.2 Å². The van der Waals surface area contributed by atoms with E-state index in [9.17, 15) is 0 Å². The van der Waals surface area contributed by atoms with E-state index in [4.69, 9.17) is 4.52 Å². The first-order chi connectivity index (χ1) is 6.74. The third-order valence-electron chi connectivity index (χ3n) is 2.51. The molecule has 4 nitrogen and oxygen atoms in total. The fourth-order valence-electron chi connectivity index (χ4n) is 2.12. The molecule has 1 saturated heterocycles. The number of nitrogens with zero attached hydrogens (tertiary/aromatic N) is 2. The number of hydrogen-bond acceptors (Lipinski definition) is 4. The van der Waals surface area contributed by atoms with Crippen LogP contribution in [-0.4, -0.2) is 35.2 Å². The highest BCUT2D eigenvalue weighted by molar-refractivity contribution is 4.96. The topological polar surface area (TPSA) is 41.3 Å². The average molecular weight is 195 g/mol. The maximum atomic E-state index is 4.82. The van der Waals surface area contributed by atoms with Gasteiger partial charge < -0.3 is 9.84 Å². The van der Waals surface area contributed by atoms with Crippen LogP contribution < -0.4 is 5.32 Å². The summed E-state index contributed by atoms with van der Waals surface area (Å²) in [4.78, 5) is 2.41. The molecule has 0 aliphatic carbocycles. The summed E-state index contributed by atoms with van der Waals surface area (Å²) in [6.07, 6.45) is 1.63. The van der Waals surface area contributed by atoms with Gasteiger partial charge in [-0.25, -0.2) is 0 Å². The molecule has 0 aromatic carbocycles. The number of piperazine rings is 1. The van der Waals surface area contributed by atoms with Gasteiger partial charge in [0, 0.05) is 37.8 Å². The molecule has 1 aromatic rings. The van der Waals surface area contributed by atoms with Crippen molar-refractivity contribution < 1.29 is 4.52 Å².